The maximum atomic E-state index is 14.7. The Kier molecular flexibility index (Phi) is 6.84. The predicted octanol–water partition coefficient (Wildman–Crippen LogP) is 3.02. The molecule has 0 aliphatic rings. The summed E-state index contributed by atoms with van der Waals surface area (Å²) in [7, 11) is 0. The van der Waals surface area contributed by atoms with Gasteiger partial charge in [0.1, 0.15) is 18.2 Å². The number of amides is 1. The zero-order valence-corrected chi connectivity index (χ0v) is 15.6. The van der Waals surface area contributed by atoms with Gasteiger partial charge in [-0.2, -0.15) is 15.0 Å². The third-order valence-corrected chi connectivity index (χ3v) is 3.42. The molecule has 1 aromatic heterocycles. The van der Waals surface area contributed by atoms with E-state index in [1.165, 1.54) is 12.4 Å². The van der Waals surface area contributed by atoms with Crippen molar-refractivity contribution in [2.24, 2.45) is 0 Å². The Morgan fingerprint density at radius 1 is 1.19 bits per heavy atom. The van der Waals surface area contributed by atoms with Gasteiger partial charge in [0.15, 0.2) is 0 Å². The summed E-state index contributed by atoms with van der Waals surface area (Å²) in [4.78, 5) is 13.1. The fourth-order valence-corrected chi connectivity index (χ4v) is 2.22. The number of ether oxygens (including phenoxy) is 2. The Hall–Kier alpha value is -2.55. The van der Waals surface area contributed by atoms with Gasteiger partial charge >= 0.3 is 6.09 Å². The van der Waals surface area contributed by atoms with Crippen LogP contribution in [0.25, 0.3) is 0 Å². The molecule has 1 atom stereocenters. The molecule has 1 heterocycles. The third-order valence-electron chi connectivity index (χ3n) is 3.42. The fourth-order valence-electron chi connectivity index (χ4n) is 2.22. The van der Waals surface area contributed by atoms with Gasteiger partial charge in [-0.05, 0) is 26.3 Å². The molecule has 7 nitrogen and oxygen atoms in total. The van der Waals surface area contributed by atoms with Crippen molar-refractivity contribution < 1.29 is 23.0 Å². The summed E-state index contributed by atoms with van der Waals surface area (Å²) < 4.78 is 39.7. The van der Waals surface area contributed by atoms with Crippen LogP contribution in [0.15, 0.2) is 42.7 Å². The molecular weight excluding hydrogens is 358 g/mol. The van der Waals surface area contributed by atoms with E-state index in [0.717, 1.165) is 10.4 Å². The number of benzene rings is 1. The fraction of sp³-hybridized carbons (Fsp3) is 0.500. The standard InChI is InChI=1S/C18H24F2N4O3/c1-17(2,3)27-16(25)23-15(11-24-21-9-10-22-24)18(19,20)13-26-12-14-7-5-4-6-8-14/h4-10,15H,11-13H2,1-3H3,(H,23,25). The Morgan fingerprint density at radius 2 is 1.81 bits per heavy atom. The number of carbonyl (C=O) groups is 1. The van der Waals surface area contributed by atoms with Crippen molar-refractivity contribution in [1.29, 1.82) is 0 Å². The highest BCUT2D eigenvalue weighted by molar-refractivity contribution is 5.68. The van der Waals surface area contributed by atoms with Gasteiger partial charge in [-0.25, -0.2) is 13.6 Å². The first-order valence-electron chi connectivity index (χ1n) is 8.49. The lowest BCUT2D eigenvalue weighted by Gasteiger charge is -2.28. The third kappa shape index (κ3) is 7.30. The van der Waals surface area contributed by atoms with Gasteiger partial charge in [0.25, 0.3) is 5.92 Å². The molecule has 0 radical (unpaired) electrons. The predicted molar refractivity (Wildman–Crippen MR) is 94.2 cm³/mol. The van der Waals surface area contributed by atoms with Crippen molar-refractivity contribution in [2.45, 2.75) is 51.5 Å². The molecular formula is C18H24F2N4O3. The molecule has 148 valence electrons. The molecule has 1 unspecified atom stereocenters. The Labute approximate surface area is 156 Å². The second kappa shape index (κ2) is 8.90. The van der Waals surface area contributed by atoms with Crippen molar-refractivity contribution in [3.05, 3.63) is 48.3 Å². The number of rotatable bonds is 8. The van der Waals surface area contributed by atoms with E-state index in [9.17, 15) is 13.6 Å². The molecule has 0 spiro atoms. The quantitative estimate of drug-likeness (QED) is 0.759. The van der Waals surface area contributed by atoms with Crippen LogP contribution in [0.4, 0.5) is 13.6 Å². The average molecular weight is 382 g/mol. The number of nitrogens with one attached hydrogen (secondary N) is 1. The van der Waals surface area contributed by atoms with Crippen LogP contribution >= 0.6 is 0 Å². The molecule has 1 N–H and O–H groups in total. The van der Waals surface area contributed by atoms with Crippen LogP contribution in [-0.2, 0) is 22.6 Å². The molecule has 2 rings (SSSR count). The number of alkyl carbamates (subject to hydrolysis) is 1. The van der Waals surface area contributed by atoms with Gasteiger partial charge in [0, 0.05) is 0 Å². The number of carbonyl (C=O) groups excluding carboxylic acids is 1. The number of alkyl halides is 2. The van der Waals surface area contributed by atoms with Crippen LogP contribution in [0, 0.1) is 0 Å². The van der Waals surface area contributed by atoms with Gasteiger partial charge in [0.2, 0.25) is 0 Å². The number of hydrogen-bond acceptors (Lipinski definition) is 5. The van der Waals surface area contributed by atoms with Crippen LogP contribution in [0.2, 0.25) is 0 Å². The highest BCUT2D eigenvalue weighted by atomic mass is 19.3. The summed E-state index contributed by atoms with van der Waals surface area (Å²) in [5.41, 5.74) is -0.0313. The molecule has 27 heavy (non-hydrogen) atoms. The monoisotopic (exact) mass is 382 g/mol. The van der Waals surface area contributed by atoms with E-state index in [-0.39, 0.29) is 13.2 Å². The number of hydrogen-bond donors (Lipinski definition) is 1. The van der Waals surface area contributed by atoms with Gasteiger partial charge < -0.3 is 14.8 Å². The zero-order valence-electron chi connectivity index (χ0n) is 15.6. The maximum Gasteiger partial charge on any atom is 0.408 e. The summed E-state index contributed by atoms with van der Waals surface area (Å²) >= 11 is 0. The molecule has 0 aliphatic carbocycles. The molecule has 0 aliphatic heterocycles. The van der Waals surface area contributed by atoms with E-state index in [1.807, 2.05) is 6.07 Å². The molecule has 9 heteroatoms. The van der Waals surface area contributed by atoms with Crippen molar-refractivity contribution in [2.75, 3.05) is 6.61 Å². The number of halogens is 2. The minimum absolute atomic E-state index is 0.0373. The van der Waals surface area contributed by atoms with Crippen LogP contribution in [0.3, 0.4) is 0 Å². The number of nitrogens with zero attached hydrogens (tertiary/aromatic N) is 3. The topological polar surface area (TPSA) is 78.3 Å². The first-order valence-corrected chi connectivity index (χ1v) is 8.49. The van der Waals surface area contributed by atoms with Crippen molar-refractivity contribution in [3.63, 3.8) is 0 Å². The highest BCUT2D eigenvalue weighted by Gasteiger charge is 2.42. The molecule has 0 fully saturated rings. The van der Waals surface area contributed by atoms with E-state index in [2.05, 4.69) is 15.5 Å². The summed E-state index contributed by atoms with van der Waals surface area (Å²) in [6.07, 6.45) is 1.80. The van der Waals surface area contributed by atoms with Gasteiger partial charge in [-0.1, -0.05) is 30.3 Å². The zero-order chi connectivity index (χ0) is 19.9. The van der Waals surface area contributed by atoms with Crippen LogP contribution in [-0.4, -0.2) is 45.3 Å². The molecule has 0 saturated carbocycles. The van der Waals surface area contributed by atoms with Crippen molar-refractivity contribution in [3.8, 4) is 0 Å². The van der Waals surface area contributed by atoms with Crippen LogP contribution < -0.4 is 5.32 Å². The van der Waals surface area contributed by atoms with Gasteiger partial charge in [-0.15, -0.1) is 0 Å². The Morgan fingerprint density at radius 3 is 2.41 bits per heavy atom. The normalized spacial score (nSPS) is 13.2. The van der Waals surface area contributed by atoms with Gasteiger partial charge in [-0.3, -0.25) is 0 Å². The highest BCUT2D eigenvalue weighted by Crippen LogP contribution is 2.22. The lowest BCUT2D eigenvalue weighted by atomic mass is 10.1. The van der Waals surface area contributed by atoms with E-state index in [1.54, 1.807) is 45.0 Å². The minimum Gasteiger partial charge on any atom is -0.444 e. The van der Waals surface area contributed by atoms with Crippen LogP contribution in [0.5, 0.6) is 0 Å². The second-order valence-electron chi connectivity index (χ2n) is 7.02. The summed E-state index contributed by atoms with van der Waals surface area (Å²) in [6.45, 7) is 3.79. The molecule has 0 saturated heterocycles. The summed E-state index contributed by atoms with van der Waals surface area (Å²) in [5, 5.41) is 9.85. The number of aromatic nitrogens is 3. The van der Waals surface area contributed by atoms with Crippen molar-refractivity contribution in [1.82, 2.24) is 20.3 Å². The first kappa shape index (κ1) is 20.8. The lowest BCUT2D eigenvalue weighted by molar-refractivity contribution is -0.109. The smallest absolute Gasteiger partial charge is 0.408 e. The van der Waals surface area contributed by atoms with E-state index < -0.39 is 30.3 Å². The van der Waals surface area contributed by atoms with Gasteiger partial charge in [0.05, 0.1) is 25.5 Å². The largest absolute Gasteiger partial charge is 0.444 e. The van der Waals surface area contributed by atoms with E-state index in [0.29, 0.717) is 0 Å². The molecule has 0 bridgehead atoms. The Bertz CT molecular complexity index is 703. The Balaban J connectivity index is 2.01. The first-order chi connectivity index (χ1) is 12.7. The second-order valence-corrected chi connectivity index (χ2v) is 7.02. The maximum absolute atomic E-state index is 14.7. The lowest BCUT2D eigenvalue weighted by Crippen LogP contribution is -2.53. The molecule has 1 aromatic carbocycles. The van der Waals surface area contributed by atoms with E-state index in [4.69, 9.17) is 9.47 Å². The van der Waals surface area contributed by atoms with Crippen molar-refractivity contribution >= 4 is 6.09 Å². The minimum atomic E-state index is -3.36. The summed E-state index contributed by atoms with van der Waals surface area (Å²) in [5.74, 6) is -3.36. The average Bonchev–Trinajstić information content (AvgIpc) is 3.06. The molecule has 2 aromatic rings. The summed E-state index contributed by atoms with van der Waals surface area (Å²) in [6, 6.07) is 7.39. The molecule has 1 amide bonds. The van der Waals surface area contributed by atoms with E-state index >= 15 is 0 Å². The van der Waals surface area contributed by atoms with Crippen LogP contribution in [0.1, 0.15) is 26.3 Å². The SMILES string of the molecule is CC(C)(C)OC(=O)NC(Cn1nccn1)C(F)(F)COCc1ccccc1.